The van der Waals surface area contributed by atoms with Crippen LogP contribution in [0.5, 0.6) is 0 Å². The predicted molar refractivity (Wildman–Crippen MR) is 81.0 cm³/mol. The Morgan fingerprint density at radius 3 is 2.68 bits per heavy atom. The number of hydrogen-bond acceptors (Lipinski definition) is 2. The van der Waals surface area contributed by atoms with Crippen molar-refractivity contribution in [2.75, 3.05) is 7.05 Å². The standard InChI is InChI=1S/C14H14Cl2FNS/c1-8-7-19-14(12(8)16)11(18-2)6-9-4-3-5-10(15)13(9)17/h3-5,7,11,18H,6H2,1-2H3. The molecule has 5 heteroatoms. The highest BCUT2D eigenvalue weighted by Gasteiger charge is 2.19. The van der Waals surface area contributed by atoms with Crippen LogP contribution in [0.1, 0.15) is 22.0 Å². The predicted octanol–water partition coefficient (Wildman–Crippen LogP) is 5.01. The summed E-state index contributed by atoms with van der Waals surface area (Å²) < 4.78 is 13.9. The summed E-state index contributed by atoms with van der Waals surface area (Å²) in [7, 11) is 1.85. The monoisotopic (exact) mass is 317 g/mol. The molecule has 0 saturated carbocycles. The summed E-state index contributed by atoms with van der Waals surface area (Å²) in [4.78, 5) is 1.03. The molecule has 2 aromatic rings. The lowest BCUT2D eigenvalue weighted by Gasteiger charge is -2.16. The van der Waals surface area contributed by atoms with Crippen molar-refractivity contribution in [3.05, 3.63) is 55.4 Å². The molecule has 1 atom stereocenters. The maximum Gasteiger partial charge on any atom is 0.145 e. The summed E-state index contributed by atoms with van der Waals surface area (Å²) >= 11 is 13.7. The van der Waals surface area contributed by atoms with Crippen LogP contribution in [0.4, 0.5) is 4.39 Å². The van der Waals surface area contributed by atoms with E-state index in [0.717, 1.165) is 15.5 Å². The maximum atomic E-state index is 13.9. The molecule has 1 N–H and O–H groups in total. The van der Waals surface area contributed by atoms with Gasteiger partial charge in [0.25, 0.3) is 0 Å². The first kappa shape index (κ1) is 14.8. The van der Waals surface area contributed by atoms with Gasteiger partial charge in [-0.2, -0.15) is 0 Å². The smallest absolute Gasteiger partial charge is 0.145 e. The second kappa shape index (κ2) is 6.23. The third-order valence-electron chi connectivity index (χ3n) is 3.05. The lowest BCUT2D eigenvalue weighted by atomic mass is 10.0. The molecule has 0 bridgehead atoms. The first-order valence-electron chi connectivity index (χ1n) is 5.88. The topological polar surface area (TPSA) is 12.0 Å². The summed E-state index contributed by atoms with van der Waals surface area (Å²) in [5, 5.41) is 6.10. The molecule has 19 heavy (non-hydrogen) atoms. The van der Waals surface area contributed by atoms with Crippen molar-refractivity contribution < 1.29 is 4.39 Å². The molecule has 1 aromatic carbocycles. The zero-order valence-electron chi connectivity index (χ0n) is 10.6. The van der Waals surface area contributed by atoms with Gasteiger partial charge in [-0.05, 0) is 43.0 Å². The van der Waals surface area contributed by atoms with Crippen LogP contribution in [0.2, 0.25) is 10.0 Å². The number of aryl methyl sites for hydroxylation is 1. The van der Waals surface area contributed by atoms with Crippen LogP contribution in [-0.2, 0) is 6.42 Å². The summed E-state index contributed by atoms with van der Waals surface area (Å²) in [6, 6.07) is 5.05. The fourth-order valence-corrected chi connectivity index (χ4v) is 3.57. The van der Waals surface area contributed by atoms with Gasteiger partial charge in [0.1, 0.15) is 5.82 Å². The van der Waals surface area contributed by atoms with Crippen LogP contribution in [0, 0.1) is 12.7 Å². The van der Waals surface area contributed by atoms with Crippen molar-refractivity contribution in [2.45, 2.75) is 19.4 Å². The van der Waals surface area contributed by atoms with Crippen LogP contribution in [0.25, 0.3) is 0 Å². The quantitative estimate of drug-likeness (QED) is 0.836. The van der Waals surface area contributed by atoms with Crippen molar-refractivity contribution in [1.29, 1.82) is 0 Å². The fraction of sp³-hybridized carbons (Fsp3) is 0.286. The van der Waals surface area contributed by atoms with Gasteiger partial charge in [-0.25, -0.2) is 4.39 Å². The molecule has 102 valence electrons. The molecule has 0 fully saturated rings. The van der Waals surface area contributed by atoms with Crippen molar-refractivity contribution in [3.8, 4) is 0 Å². The van der Waals surface area contributed by atoms with Crippen molar-refractivity contribution in [3.63, 3.8) is 0 Å². The number of halogens is 3. The molecule has 1 nitrogen and oxygen atoms in total. The van der Waals surface area contributed by atoms with Crippen molar-refractivity contribution in [1.82, 2.24) is 5.32 Å². The Bertz CT molecular complexity index is 583. The van der Waals surface area contributed by atoms with Gasteiger partial charge in [-0.3, -0.25) is 0 Å². The first-order valence-corrected chi connectivity index (χ1v) is 7.51. The number of benzene rings is 1. The normalized spacial score (nSPS) is 12.7. The molecule has 1 heterocycles. The lowest BCUT2D eigenvalue weighted by molar-refractivity contribution is 0.560. The molecule has 0 aliphatic heterocycles. The van der Waals surface area contributed by atoms with Gasteiger partial charge in [0.05, 0.1) is 10.0 Å². The zero-order valence-corrected chi connectivity index (χ0v) is 13.0. The van der Waals surface area contributed by atoms with Gasteiger partial charge in [0, 0.05) is 10.9 Å². The summed E-state index contributed by atoms with van der Waals surface area (Å²) in [6.45, 7) is 1.97. The number of rotatable bonds is 4. The van der Waals surface area contributed by atoms with E-state index in [1.165, 1.54) is 0 Å². The average Bonchev–Trinajstić information content (AvgIpc) is 2.72. The van der Waals surface area contributed by atoms with Crippen LogP contribution in [0.15, 0.2) is 23.6 Å². The highest BCUT2D eigenvalue weighted by atomic mass is 35.5. The van der Waals surface area contributed by atoms with E-state index in [1.54, 1.807) is 29.5 Å². The van der Waals surface area contributed by atoms with Crippen LogP contribution in [0.3, 0.4) is 0 Å². The summed E-state index contributed by atoms with van der Waals surface area (Å²) in [5.74, 6) is -0.353. The number of thiophene rings is 1. The van der Waals surface area contributed by atoms with Gasteiger partial charge in [0.15, 0.2) is 0 Å². The van der Waals surface area contributed by atoms with Crippen LogP contribution in [-0.4, -0.2) is 7.05 Å². The minimum atomic E-state index is -0.353. The van der Waals surface area contributed by atoms with E-state index in [4.69, 9.17) is 23.2 Å². The van der Waals surface area contributed by atoms with Gasteiger partial charge < -0.3 is 5.32 Å². The van der Waals surface area contributed by atoms with E-state index in [2.05, 4.69) is 5.32 Å². The molecule has 0 radical (unpaired) electrons. The van der Waals surface area contributed by atoms with E-state index in [1.807, 2.05) is 19.4 Å². The van der Waals surface area contributed by atoms with Crippen LogP contribution < -0.4 is 5.32 Å². The Kier molecular flexibility index (Phi) is 4.85. The largest absolute Gasteiger partial charge is 0.312 e. The Morgan fingerprint density at radius 2 is 2.11 bits per heavy atom. The molecule has 1 unspecified atom stereocenters. The third kappa shape index (κ3) is 3.11. The molecule has 0 spiro atoms. The molecule has 0 saturated heterocycles. The lowest BCUT2D eigenvalue weighted by Crippen LogP contribution is -2.18. The Hall–Kier alpha value is -0.610. The van der Waals surface area contributed by atoms with Gasteiger partial charge in [-0.1, -0.05) is 35.3 Å². The Morgan fingerprint density at radius 1 is 1.37 bits per heavy atom. The van der Waals surface area contributed by atoms with Crippen LogP contribution >= 0.6 is 34.5 Å². The van der Waals surface area contributed by atoms with E-state index in [0.29, 0.717) is 12.0 Å². The minimum Gasteiger partial charge on any atom is -0.312 e. The highest BCUT2D eigenvalue weighted by Crippen LogP contribution is 2.34. The zero-order chi connectivity index (χ0) is 14.0. The number of hydrogen-bond donors (Lipinski definition) is 1. The average molecular weight is 318 g/mol. The van der Waals surface area contributed by atoms with E-state index in [-0.39, 0.29) is 16.9 Å². The van der Waals surface area contributed by atoms with E-state index >= 15 is 0 Å². The molecule has 0 aliphatic carbocycles. The summed E-state index contributed by atoms with van der Waals surface area (Å²) in [6.07, 6.45) is 0.516. The van der Waals surface area contributed by atoms with Gasteiger partial charge >= 0.3 is 0 Å². The second-order valence-corrected chi connectivity index (χ2v) is 6.05. The Labute approximate surface area is 126 Å². The third-order valence-corrected chi connectivity index (χ3v) is 5.17. The maximum absolute atomic E-state index is 13.9. The molecular weight excluding hydrogens is 304 g/mol. The second-order valence-electron chi connectivity index (χ2n) is 4.36. The van der Waals surface area contributed by atoms with Gasteiger partial charge in [0.2, 0.25) is 0 Å². The SMILES string of the molecule is CNC(Cc1cccc(Cl)c1F)c1scc(C)c1Cl. The highest BCUT2D eigenvalue weighted by molar-refractivity contribution is 7.10. The molecule has 0 amide bonds. The first-order chi connectivity index (χ1) is 9.04. The fourth-order valence-electron chi connectivity index (χ4n) is 1.94. The molecule has 1 aromatic heterocycles. The Balaban J connectivity index is 2.29. The van der Waals surface area contributed by atoms with Crippen molar-refractivity contribution in [2.24, 2.45) is 0 Å². The summed E-state index contributed by atoms with van der Waals surface area (Å²) in [5.41, 5.74) is 1.64. The van der Waals surface area contributed by atoms with Crippen molar-refractivity contribution >= 4 is 34.5 Å². The van der Waals surface area contributed by atoms with Gasteiger partial charge in [-0.15, -0.1) is 11.3 Å². The van der Waals surface area contributed by atoms with E-state index < -0.39 is 0 Å². The number of nitrogens with one attached hydrogen (secondary N) is 1. The molecular formula is C14H14Cl2FNS. The minimum absolute atomic E-state index is 0.0147. The molecule has 2 rings (SSSR count). The molecule has 0 aliphatic rings. The van der Waals surface area contributed by atoms with E-state index in [9.17, 15) is 4.39 Å². The number of likely N-dealkylation sites (N-methyl/N-ethyl adjacent to an activating group) is 1.